The molecule has 0 radical (unpaired) electrons. The third-order valence-electron chi connectivity index (χ3n) is 3.51. The van der Waals surface area contributed by atoms with Crippen molar-refractivity contribution in [2.24, 2.45) is 0 Å². The molecule has 1 aromatic carbocycles. The lowest BCUT2D eigenvalue weighted by Gasteiger charge is -2.23. The molecule has 0 amide bonds. The topological polar surface area (TPSA) is 58.4 Å². The number of hydrogen-bond donors (Lipinski definition) is 1. The third kappa shape index (κ3) is 4.34. The van der Waals surface area contributed by atoms with Gasteiger partial charge in [0.2, 0.25) is 0 Å². The molecule has 2 rings (SSSR count). The Morgan fingerprint density at radius 3 is 2.57 bits per heavy atom. The zero-order chi connectivity index (χ0) is 15.1. The Balaban J connectivity index is 1.85. The Labute approximate surface area is 124 Å². The highest BCUT2D eigenvalue weighted by Crippen LogP contribution is 2.27. The number of morpholine rings is 1. The van der Waals surface area contributed by atoms with Gasteiger partial charge in [-0.05, 0) is 18.2 Å². The number of benzene rings is 1. The highest BCUT2D eigenvalue weighted by atomic mass is 16.5. The van der Waals surface area contributed by atoms with Crippen LogP contribution in [0.3, 0.4) is 0 Å². The molecule has 0 atom stereocenters. The number of carbonyl (C=O) groups excluding carboxylic acids is 1. The first-order valence-corrected chi connectivity index (χ1v) is 7.05. The first-order chi connectivity index (χ1) is 10.2. The molecule has 0 unspecified atom stereocenters. The SMILES string of the molecule is COc1ccc(C(=O)OCC[NH+]2CCOCC2)cc1OC. The second-order valence-electron chi connectivity index (χ2n) is 4.82. The van der Waals surface area contributed by atoms with E-state index in [2.05, 4.69) is 0 Å². The first kappa shape index (κ1) is 15.6. The largest absolute Gasteiger partial charge is 0.493 e. The molecule has 21 heavy (non-hydrogen) atoms. The minimum atomic E-state index is -0.344. The van der Waals surface area contributed by atoms with Crippen molar-refractivity contribution in [1.82, 2.24) is 0 Å². The van der Waals surface area contributed by atoms with E-state index in [1.54, 1.807) is 25.3 Å². The van der Waals surface area contributed by atoms with E-state index in [9.17, 15) is 4.79 Å². The second-order valence-corrected chi connectivity index (χ2v) is 4.82. The van der Waals surface area contributed by atoms with Crippen LogP contribution in [-0.2, 0) is 9.47 Å². The van der Waals surface area contributed by atoms with Crippen LogP contribution in [0.4, 0.5) is 0 Å². The fraction of sp³-hybridized carbons (Fsp3) is 0.533. The van der Waals surface area contributed by atoms with Gasteiger partial charge in [0.05, 0.1) is 33.0 Å². The Kier molecular flexibility index (Phi) is 5.83. The van der Waals surface area contributed by atoms with Crippen LogP contribution in [0.25, 0.3) is 0 Å². The van der Waals surface area contributed by atoms with Gasteiger partial charge in [0.1, 0.15) is 26.2 Å². The molecular formula is C15H22NO5+. The summed E-state index contributed by atoms with van der Waals surface area (Å²) in [6, 6.07) is 5.00. The zero-order valence-electron chi connectivity index (χ0n) is 12.5. The van der Waals surface area contributed by atoms with E-state index in [4.69, 9.17) is 18.9 Å². The molecular weight excluding hydrogens is 274 g/mol. The lowest BCUT2D eigenvalue weighted by molar-refractivity contribution is -0.908. The smallest absolute Gasteiger partial charge is 0.338 e. The van der Waals surface area contributed by atoms with Gasteiger partial charge in [0.15, 0.2) is 11.5 Å². The summed E-state index contributed by atoms with van der Waals surface area (Å²) in [5.74, 6) is 0.765. The van der Waals surface area contributed by atoms with Gasteiger partial charge in [-0.25, -0.2) is 4.79 Å². The highest BCUT2D eigenvalue weighted by Gasteiger charge is 2.16. The lowest BCUT2D eigenvalue weighted by Crippen LogP contribution is -3.14. The van der Waals surface area contributed by atoms with E-state index in [0.717, 1.165) is 32.8 Å². The van der Waals surface area contributed by atoms with E-state index in [1.807, 2.05) is 0 Å². The molecule has 0 saturated carbocycles. The number of ether oxygens (including phenoxy) is 4. The highest BCUT2D eigenvalue weighted by molar-refractivity contribution is 5.90. The molecule has 6 heteroatoms. The second kappa shape index (κ2) is 7.85. The summed E-state index contributed by atoms with van der Waals surface area (Å²) in [7, 11) is 3.09. The molecule has 1 heterocycles. The predicted octanol–water partition coefficient (Wildman–Crippen LogP) is -0.224. The van der Waals surface area contributed by atoms with Crippen LogP contribution in [0.5, 0.6) is 11.5 Å². The minimum absolute atomic E-state index is 0.344. The Morgan fingerprint density at radius 2 is 1.90 bits per heavy atom. The molecule has 1 aromatic rings. The minimum Gasteiger partial charge on any atom is -0.493 e. The molecule has 0 aromatic heterocycles. The predicted molar refractivity (Wildman–Crippen MR) is 76.2 cm³/mol. The van der Waals surface area contributed by atoms with Crippen molar-refractivity contribution in [3.05, 3.63) is 23.8 Å². The Hall–Kier alpha value is -1.79. The summed E-state index contributed by atoms with van der Waals surface area (Å²) >= 11 is 0. The summed E-state index contributed by atoms with van der Waals surface area (Å²) in [5.41, 5.74) is 0.463. The average Bonchev–Trinajstić information content (AvgIpc) is 2.55. The molecule has 6 nitrogen and oxygen atoms in total. The van der Waals surface area contributed by atoms with Crippen molar-refractivity contribution in [1.29, 1.82) is 0 Å². The summed E-state index contributed by atoms with van der Waals surface area (Å²) in [4.78, 5) is 13.4. The molecule has 0 bridgehead atoms. The van der Waals surface area contributed by atoms with Crippen molar-refractivity contribution in [2.45, 2.75) is 0 Å². The molecule has 1 N–H and O–H groups in total. The summed E-state index contributed by atoms with van der Waals surface area (Å²) in [6.45, 7) is 4.70. The van der Waals surface area contributed by atoms with E-state index in [1.165, 1.54) is 12.0 Å². The van der Waals surface area contributed by atoms with E-state index < -0.39 is 0 Å². The Morgan fingerprint density at radius 1 is 1.19 bits per heavy atom. The van der Waals surface area contributed by atoms with Crippen molar-refractivity contribution in [3.63, 3.8) is 0 Å². The number of esters is 1. The molecule has 0 spiro atoms. The van der Waals surface area contributed by atoms with Gasteiger partial charge in [-0.15, -0.1) is 0 Å². The Bertz CT molecular complexity index is 471. The summed E-state index contributed by atoms with van der Waals surface area (Å²) in [5, 5.41) is 0. The van der Waals surface area contributed by atoms with Gasteiger partial charge in [-0.3, -0.25) is 0 Å². The average molecular weight is 296 g/mol. The first-order valence-electron chi connectivity index (χ1n) is 7.05. The number of quaternary nitrogens is 1. The molecule has 1 fully saturated rings. The van der Waals surface area contributed by atoms with E-state index in [0.29, 0.717) is 23.7 Å². The maximum Gasteiger partial charge on any atom is 0.338 e. The molecule has 116 valence electrons. The van der Waals surface area contributed by atoms with Crippen LogP contribution in [0.15, 0.2) is 18.2 Å². The molecule has 0 aliphatic carbocycles. The number of methoxy groups -OCH3 is 2. The standard InChI is InChI=1S/C15H21NO5/c1-18-13-4-3-12(11-14(13)19-2)15(17)21-10-7-16-5-8-20-9-6-16/h3-4,11H,5-10H2,1-2H3/p+1. The van der Waals surface area contributed by atoms with Gasteiger partial charge in [0.25, 0.3) is 0 Å². The van der Waals surface area contributed by atoms with Crippen molar-refractivity contribution in [3.8, 4) is 11.5 Å². The van der Waals surface area contributed by atoms with Gasteiger partial charge in [0, 0.05) is 0 Å². The van der Waals surface area contributed by atoms with Gasteiger partial charge in [-0.1, -0.05) is 0 Å². The van der Waals surface area contributed by atoms with E-state index in [-0.39, 0.29) is 5.97 Å². The van der Waals surface area contributed by atoms with E-state index >= 15 is 0 Å². The van der Waals surface area contributed by atoms with Gasteiger partial charge < -0.3 is 23.8 Å². The summed E-state index contributed by atoms with van der Waals surface area (Å²) in [6.07, 6.45) is 0. The van der Waals surface area contributed by atoms with Crippen LogP contribution in [0.1, 0.15) is 10.4 Å². The number of hydrogen-bond acceptors (Lipinski definition) is 5. The maximum absolute atomic E-state index is 12.0. The van der Waals surface area contributed by atoms with Crippen molar-refractivity contribution < 1.29 is 28.6 Å². The van der Waals surface area contributed by atoms with Gasteiger partial charge in [-0.2, -0.15) is 0 Å². The number of nitrogens with one attached hydrogen (secondary N) is 1. The third-order valence-corrected chi connectivity index (χ3v) is 3.51. The summed E-state index contributed by atoms with van der Waals surface area (Å²) < 4.78 is 20.9. The van der Waals surface area contributed by atoms with Gasteiger partial charge >= 0.3 is 5.97 Å². The fourth-order valence-corrected chi connectivity index (χ4v) is 2.24. The lowest BCUT2D eigenvalue weighted by atomic mass is 10.2. The zero-order valence-corrected chi connectivity index (χ0v) is 12.5. The van der Waals surface area contributed by atoms with Crippen LogP contribution >= 0.6 is 0 Å². The van der Waals surface area contributed by atoms with Crippen LogP contribution in [0, 0.1) is 0 Å². The normalized spacial score (nSPS) is 15.5. The fourth-order valence-electron chi connectivity index (χ4n) is 2.24. The van der Waals surface area contributed by atoms with Crippen molar-refractivity contribution in [2.75, 3.05) is 53.7 Å². The maximum atomic E-state index is 12.0. The molecule has 1 aliphatic heterocycles. The van der Waals surface area contributed by atoms with Crippen LogP contribution in [-0.4, -0.2) is 59.6 Å². The number of carbonyl (C=O) groups is 1. The van der Waals surface area contributed by atoms with Crippen LogP contribution < -0.4 is 14.4 Å². The van der Waals surface area contributed by atoms with Crippen molar-refractivity contribution >= 4 is 5.97 Å². The van der Waals surface area contributed by atoms with Crippen LogP contribution in [0.2, 0.25) is 0 Å². The molecule has 1 aliphatic rings. The molecule has 1 saturated heterocycles. The quantitative estimate of drug-likeness (QED) is 0.735. The number of rotatable bonds is 6. The monoisotopic (exact) mass is 296 g/mol.